The van der Waals surface area contributed by atoms with Gasteiger partial charge in [-0.1, -0.05) is 11.2 Å². The van der Waals surface area contributed by atoms with Crippen LogP contribution in [0.15, 0.2) is 28.8 Å². The van der Waals surface area contributed by atoms with Crippen molar-refractivity contribution in [1.82, 2.24) is 19.9 Å². The average Bonchev–Trinajstić information content (AvgIpc) is 3.06. The van der Waals surface area contributed by atoms with Crippen molar-refractivity contribution in [2.75, 3.05) is 0 Å². The molecule has 0 unspecified atom stereocenters. The number of alkyl halides is 3. The first-order valence-corrected chi connectivity index (χ1v) is 6.95. The Balaban J connectivity index is 1.87. The van der Waals surface area contributed by atoms with E-state index in [0.717, 1.165) is 11.4 Å². The summed E-state index contributed by atoms with van der Waals surface area (Å²) in [4.78, 5) is 3.18. The first-order chi connectivity index (χ1) is 11.2. The van der Waals surface area contributed by atoms with Gasteiger partial charge in [-0.15, -0.1) is 0 Å². The van der Waals surface area contributed by atoms with Gasteiger partial charge in [0.15, 0.2) is 0 Å². The van der Waals surface area contributed by atoms with Gasteiger partial charge in [0.05, 0.1) is 17.8 Å². The van der Waals surface area contributed by atoms with Crippen molar-refractivity contribution < 1.29 is 22.1 Å². The molecule has 2 aromatic heterocycles. The van der Waals surface area contributed by atoms with Gasteiger partial charge in [-0.2, -0.15) is 23.3 Å². The van der Waals surface area contributed by atoms with Crippen molar-refractivity contribution >= 4 is 0 Å². The van der Waals surface area contributed by atoms with Gasteiger partial charge in [0.1, 0.15) is 5.82 Å². The Bertz CT molecular complexity index is 882. The standard InChI is InChI=1S/C15H12F4N4O/c1-8-5-9(2)23(21-8)7-10-3-4-11(12(16)6-10)13-20-14(24-22-13)15(17,18)19/h3-6H,7H2,1-2H3. The predicted molar refractivity (Wildman–Crippen MR) is 75.5 cm³/mol. The van der Waals surface area contributed by atoms with E-state index in [1.54, 1.807) is 10.7 Å². The van der Waals surface area contributed by atoms with Gasteiger partial charge < -0.3 is 4.52 Å². The van der Waals surface area contributed by atoms with Gasteiger partial charge in [-0.25, -0.2) is 4.39 Å². The van der Waals surface area contributed by atoms with Crippen LogP contribution in [0, 0.1) is 19.7 Å². The first-order valence-electron chi connectivity index (χ1n) is 6.95. The van der Waals surface area contributed by atoms with E-state index in [1.807, 2.05) is 19.9 Å². The maximum atomic E-state index is 14.2. The zero-order chi connectivity index (χ0) is 17.5. The van der Waals surface area contributed by atoms with E-state index >= 15 is 0 Å². The summed E-state index contributed by atoms with van der Waals surface area (Å²) in [6, 6.07) is 6.01. The van der Waals surface area contributed by atoms with Gasteiger partial charge in [0.25, 0.3) is 0 Å². The van der Waals surface area contributed by atoms with E-state index < -0.39 is 23.7 Å². The van der Waals surface area contributed by atoms with Gasteiger partial charge in [0, 0.05) is 5.69 Å². The van der Waals surface area contributed by atoms with Crippen LogP contribution in [0.5, 0.6) is 0 Å². The monoisotopic (exact) mass is 340 g/mol. The molecule has 9 heteroatoms. The Morgan fingerprint density at radius 1 is 1.17 bits per heavy atom. The Morgan fingerprint density at radius 3 is 2.46 bits per heavy atom. The lowest BCUT2D eigenvalue weighted by molar-refractivity contribution is -0.159. The van der Waals surface area contributed by atoms with Gasteiger partial charge >= 0.3 is 12.1 Å². The Hall–Kier alpha value is -2.71. The molecule has 0 N–H and O–H groups in total. The van der Waals surface area contributed by atoms with Crippen LogP contribution >= 0.6 is 0 Å². The summed E-state index contributed by atoms with van der Waals surface area (Å²) in [7, 11) is 0. The molecular formula is C15H12F4N4O. The second-order valence-corrected chi connectivity index (χ2v) is 5.32. The van der Waals surface area contributed by atoms with Gasteiger partial charge in [-0.3, -0.25) is 4.68 Å². The number of rotatable bonds is 3. The topological polar surface area (TPSA) is 56.7 Å². The largest absolute Gasteiger partial charge is 0.471 e. The number of aromatic nitrogens is 4. The SMILES string of the molecule is Cc1cc(C)n(Cc2ccc(-c3noc(C(F)(F)F)n3)c(F)c2)n1. The fourth-order valence-electron chi connectivity index (χ4n) is 2.29. The summed E-state index contributed by atoms with van der Waals surface area (Å²) in [5.41, 5.74) is 2.22. The normalized spacial score (nSPS) is 11.9. The minimum atomic E-state index is -4.77. The van der Waals surface area contributed by atoms with Crippen LogP contribution in [0.3, 0.4) is 0 Å². The second-order valence-electron chi connectivity index (χ2n) is 5.32. The van der Waals surface area contributed by atoms with Gasteiger partial charge in [-0.05, 0) is 37.6 Å². The fraction of sp³-hybridized carbons (Fsp3) is 0.267. The van der Waals surface area contributed by atoms with E-state index in [0.29, 0.717) is 12.1 Å². The number of benzene rings is 1. The van der Waals surface area contributed by atoms with Gasteiger partial charge in [0.2, 0.25) is 5.82 Å². The lowest BCUT2D eigenvalue weighted by Gasteiger charge is -2.06. The Kier molecular flexibility index (Phi) is 3.86. The summed E-state index contributed by atoms with van der Waals surface area (Å²) in [6.07, 6.45) is -4.77. The molecule has 0 aliphatic heterocycles. The molecule has 0 amide bonds. The molecule has 0 spiro atoms. The van der Waals surface area contributed by atoms with Crippen LogP contribution in [0.4, 0.5) is 17.6 Å². The van der Waals surface area contributed by atoms with Crippen molar-refractivity contribution in [2.45, 2.75) is 26.6 Å². The first kappa shape index (κ1) is 16.2. The molecule has 24 heavy (non-hydrogen) atoms. The Labute approximate surface area is 133 Å². The molecule has 0 radical (unpaired) electrons. The molecule has 0 atom stereocenters. The summed E-state index contributed by atoms with van der Waals surface area (Å²) >= 11 is 0. The molecule has 126 valence electrons. The summed E-state index contributed by atoms with van der Waals surface area (Å²) in [5, 5.41) is 7.46. The molecule has 5 nitrogen and oxygen atoms in total. The molecule has 0 aliphatic carbocycles. The van der Waals surface area contributed by atoms with Crippen LogP contribution < -0.4 is 0 Å². The van der Waals surface area contributed by atoms with E-state index in [9.17, 15) is 17.6 Å². The van der Waals surface area contributed by atoms with Crippen molar-refractivity contribution in [2.24, 2.45) is 0 Å². The van der Waals surface area contributed by atoms with E-state index in [2.05, 4.69) is 19.8 Å². The molecule has 0 aliphatic rings. The van der Waals surface area contributed by atoms with E-state index in [4.69, 9.17) is 0 Å². The van der Waals surface area contributed by atoms with Crippen LogP contribution in [0.1, 0.15) is 22.8 Å². The van der Waals surface area contributed by atoms with Crippen molar-refractivity contribution in [3.63, 3.8) is 0 Å². The molecule has 2 heterocycles. The highest BCUT2D eigenvalue weighted by Gasteiger charge is 2.38. The summed E-state index contributed by atoms with van der Waals surface area (Å²) < 4.78 is 57.4. The van der Waals surface area contributed by atoms with E-state index in [-0.39, 0.29) is 5.56 Å². The maximum Gasteiger partial charge on any atom is 0.471 e. The third-order valence-corrected chi connectivity index (χ3v) is 3.38. The molecule has 0 saturated heterocycles. The third kappa shape index (κ3) is 3.15. The number of hydrogen-bond acceptors (Lipinski definition) is 4. The number of nitrogens with zero attached hydrogens (tertiary/aromatic N) is 4. The molecule has 0 fully saturated rings. The fourth-order valence-corrected chi connectivity index (χ4v) is 2.29. The summed E-state index contributed by atoms with van der Waals surface area (Å²) in [5.74, 6) is -2.69. The van der Waals surface area contributed by atoms with Crippen molar-refractivity contribution in [3.05, 3.63) is 52.9 Å². The minimum absolute atomic E-state index is 0.161. The highest BCUT2D eigenvalue weighted by Crippen LogP contribution is 2.30. The molecule has 3 aromatic rings. The second kappa shape index (κ2) is 5.73. The molecule has 1 aromatic carbocycles. The lowest BCUT2D eigenvalue weighted by atomic mass is 10.1. The van der Waals surface area contributed by atoms with Crippen LogP contribution in [0.25, 0.3) is 11.4 Å². The zero-order valence-electron chi connectivity index (χ0n) is 12.7. The van der Waals surface area contributed by atoms with E-state index in [1.165, 1.54) is 12.1 Å². The number of halogens is 4. The van der Waals surface area contributed by atoms with Crippen LogP contribution in [-0.2, 0) is 12.7 Å². The van der Waals surface area contributed by atoms with Crippen LogP contribution in [-0.4, -0.2) is 19.9 Å². The maximum absolute atomic E-state index is 14.2. The smallest absolute Gasteiger partial charge is 0.329 e. The lowest BCUT2D eigenvalue weighted by Crippen LogP contribution is -2.05. The quantitative estimate of drug-likeness (QED) is 0.681. The third-order valence-electron chi connectivity index (χ3n) is 3.38. The van der Waals surface area contributed by atoms with Crippen LogP contribution in [0.2, 0.25) is 0 Å². The molecule has 0 bridgehead atoms. The average molecular weight is 340 g/mol. The molecule has 3 rings (SSSR count). The highest BCUT2D eigenvalue weighted by molar-refractivity contribution is 5.55. The predicted octanol–water partition coefficient (Wildman–Crippen LogP) is 3.76. The minimum Gasteiger partial charge on any atom is -0.329 e. The van der Waals surface area contributed by atoms with Crippen molar-refractivity contribution in [1.29, 1.82) is 0 Å². The summed E-state index contributed by atoms with van der Waals surface area (Å²) in [6.45, 7) is 4.07. The highest BCUT2D eigenvalue weighted by atomic mass is 19.4. The number of hydrogen-bond donors (Lipinski definition) is 0. The Morgan fingerprint density at radius 2 is 1.92 bits per heavy atom. The molecule has 0 saturated carbocycles. The molecular weight excluding hydrogens is 328 g/mol. The number of aryl methyl sites for hydroxylation is 2. The van der Waals surface area contributed by atoms with Crippen molar-refractivity contribution in [3.8, 4) is 11.4 Å². The zero-order valence-corrected chi connectivity index (χ0v) is 12.7.